The molecule has 0 spiro atoms. The topological polar surface area (TPSA) is 125 Å². The van der Waals surface area contributed by atoms with E-state index >= 15 is 4.39 Å². The molecular formula is C37H40FN7O4. The highest BCUT2D eigenvalue weighted by molar-refractivity contribution is 6.03. The van der Waals surface area contributed by atoms with Crippen molar-refractivity contribution < 1.29 is 23.8 Å². The zero-order valence-electron chi connectivity index (χ0n) is 27.8. The summed E-state index contributed by atoms with van der Waals surface area (Å²) in [7, 11) is 1.55. The normalized spacial score (nSPS) is 24.7. The molecule has 0 aliphatic carbocycles. The first-order valence-corrected chi connectivity index (χ1v) is 17.1. The molecule has 254 valence electrons. The second-order valence-corrected chi connectivity index (χ2v) is 13.8. The van der Waals surface area contributed by atoms with Crippen LogP contribution < -0.4 is 20.3 Å². The van der Waals surface area contributed by atoms with Crippen molar-refractivity contribution in [3.8, 4) is 35.4 Å². The van der Waals surface area contributed by atoms with E-state index in [0.717, 1.165) is 58.2 Å². The van der Waals surface area contributed by atoms with E-state index in [9.17, 15) is 9.90 Å². The molecule has 2 unspecified atom stereocenters. The number of piperazine rings is 1. The predicted octanol–water partition coefficient (Wildman–Crippen LogP) is 4.65. The number of carbonyl (C=O) groups excluding carboxylic acids is 1. The molecule has 2 aromatic carbocycles. The van der Waals surface area contributed by atoms with Crippen LogP contribution in [0, 0.1) is 25.1 Å². The van der Waals surface area contributed by atoms with Crippen LogP contribution >= 0.6 is 0 Å². The van der Waals surface area contributed by atoms with Crippen molar-refractivity contribution in [2.75, 3.05) is 44.8 Å². The molecule has 0 saturated carbocycles. The quantitative estimate of drug-likeness (QED) is 0.240. The minimum absolute atomic E-state index is 0.0183. The number of rotatable bonds is 7. The summed E-state index contributed by atoms with van der Waals surface area (Å²) in [6.07, 6.45) is 11.3. The number of aromatic hydroxyl groups is 1. The summed E-state index contributed by atoms with van der Waals surface area (Å²) in [4.78, 5) is 30.9. The van der Waals surface area contributed by atoms with Gasteiger partial charge < -0.3 is 30.1 Å². The second kappa shape index (κ2) is 12.3. The summed E-state index contributed by atoms with van der Waals surface area (Å²) in [5.74, 6) is 2.67. The number of benzene rings is 2. The standard InChI is InChI=1S/C37H40FN7O4/c1-4-22-7-5-8-23-15-27(46)16-28(30(22)23)32-31(38)33-29(21(2)40-32)34(44-17-24-9-10-25(18-44)41-24)43-35(42-33)49-20-37-12-6-14-45(37)26(11-13-37)19-48-36(47)39-3/h1,5,7-8,15-16,24-26,41,46H,6,9-14,17-20H2,2-3H3,(H,39,47)/t24?,25?,26-,37-/m1/s1. The van der Waals surface area contributed by atoms with E-state index in [-0.39, 0.29) is 34.6 Å². The van der Waals surface area contributed by atoms with Gasteiger partial charge in [0, 0.05) is 54.8 Å². The Morgan fingerprint density at radius 3 is 2.76 bits per heavy atom. The Morgan fingerprint density at radius 2 is 1.98 bits per heavy atom. The van der Waals surface area contributed by atoms with Crippen LogP contribution in [0.2, 0.25) is 0 Å². The Kier molecular flexibility index (Phi) is 7.92. The van der Waals surface area contributed by atoms with Gasteiger partial charge in [-0.2, -0.15) is 9.97 Å². The summed E-state index contributed by atoms with van der Waals surface area (Å²) < 4.78 is 29.0. The predicted molar refractivity (Wildman–Crippen MR) is 184 cm³/mol. The van der Waals surface area contributed by atoms with Crippen LogP contribution in [0.3, 0.4) is 0 Å². The smallest absolute Gasteiger partial charge is 0.406 e. The minimum atomic E-state index is -0.626. The Labute approximate surface area is 284 Å². The summed E-state index contributed by atoms with van der Waals surface area (Å²) in [6.45, 7) is 4.85. The van der Waals surface area contributed by atoms with Gasteiger partial charge in [0.05, 0.1) is 16.6 Å². The van der Waals surface area contributed by atoms with E-state index < -0.39 is 11.9 Å². The van der Waals surface area contributed by atoms with Crippen molar-refractivity contribution >= 4 is 33.6 Å². The number of phenolic OH excluding ortho intramolecular Hbond substituents is 1. The van der Waals surface area contributed by atoms with E-state index in [4.69, 9.17) is 30.8 Å². The molecule has 11 nitrogen and oxygen atoms in total. The Bertz CT molecular complexity index is 2010. The maximum atomic E-state index is 17.1. The summed E-state index contributed by atoms with van der Waals surface area (Å²) in [6, 6.07) is 9.42. The number of hydrogen-bond donors (Lipinski definition) is 3. The number of alkyl carbamates (subject to hydrolysis) is 1. The van der Waals surface area contributed by atoms with Crippen LogP contribution in [0.15, 0.2) is 30.3 Å². The number of ether oxygens (including phenoxy) is 2. The number of carbonyl (C=O) groups is 1. The highest BCUT2D eigenvalue weighted by Crippen LogP contribution is 2.44. The van der Waals surface area contributed by atoms with Gasteiger partial charge in [0.15, 0.2) is 5.82 Å². The molecule has 4 aliphatic heterocycles. The molecule has 2 aromatic heterocycles. The molecule has 3 N–H and O–H groups in total. The first-order chi connectivity index (χ1) is 23.8. The van der Waals surface area contributed by atoms with E-state index in [0.29, 0.717) is 64.1 Å². The number of aryl methyl sites for hydroxylation is 1. The number of pyridine rings is 1. The molecule has 4 saturated heterocycles. The van der Waals surface area contributed by atoms with Gasteiger partial charge in [0.1, 0.15) is 36.0 Å². The molecule has 49 heavy (non-hydrogen) atoms. The van der Waals surface area contributed by atoms with Crippen LogP contribution in [0.5, 0.6) is 11.8 Å². The number of aromatic nitrogens is 3. The van der Waals surface area contributed by atoms with Crippen LogP contribution in [0.1, 0.15) is 49.8 Å². The first kappa shape index (κ1) is 31.5. The number of hydrogen-bond acceptors (Lipinski definition) is 10. The van der Waals surface area contributed by atoms with Gasteiger partial charge in [-0.05, 0) is 75.6 Å². The van der Waals surface area contributed by atoms with Gasteiger partial charge >= 0.3 is 12.1 Å². The molecule has 4 aromatic rings. The van der Waals surface area contributed by atoms with E-state index in [1.165, 1.54) is 6.07 Å². The fraction of sp³-hybridized carbons (Fsp3) is 0.459. The lowest BCUT2D eigenvalue weighted by atomic mass is 9.95. The van der Waals surface area contributed by atoms with Crippen molar-refractivity contribution in [1.82, 2.24) is 30.5 Å². The molecule has 2 bridgehead atoms. The fourth-order valence-electron chi connectivity index (χ4n) is 8.70. The van der Waals surface area contributed by atoms with Crippen molar-refractivity contribution in [3.63, 3.8) is 0 Å². The molecule has 0 radical (unpaired) electrons. The van der Waals surface area contributed by atoms with Gasteiger partial charge in [0.25, 0.3) is 0 Å². The number of amides is 1. The lowest BCUT2D eigenvalue weighted by molar-refractivity contribution is 0.0556. The number of fused-ring (bicyclic) bond motifs is 5. The highest BCUT2D eigenvalue weighted by atomic mass is 19.1. The lowest BCUT2D eigenvalue weighted by Crippen LogP contribution is -2.51. The average molecular weight is 666 g/mol. The van der Waals surface area contributed by atoms with Crippen molar-refractivity contribution in [2.24, 2.45) is 0 Å². The van der Waals surface area contributed by atoms with E-state index in [2.05, 4.69) is 26.4 Å². The zero-order valence-corrected chi connectivity index (χ0v) is 27.8. The lowest BCUT2D eigenvalue weighted by Gasteiger charge is -2.35. The molecule has 4 aliphatic rings. The number of terminal acetylenes is 1. The van der Waals surface area contributed by atoms with Crippen molar-refractivity contribution in [1.29, 1.82) is 0 Å². The van der Waals surface area contributed by atoms with Gasteiger partial charge in [-0.25, -0.2) is 14.2 Å². The van der Waals surface area contributed by atoms with Crippen LogP contribution in [-0.2, 0) is 4.74 Å². The zero-order chi connectivity index (χ0) is 33.9. The average Bonchev–Trinajstić information content (AvgIpc) is 3.79. The van der Waals surface area contributed by atoms with Crippen LogP contribution in [-0.4, -0.2) is 94.6 Å². The van der Waals surface area contributed by atoms with E-state index in [1.807, 2.05) is 19.1 Å². The van der Waals surface area contributed by atoms with Gasteiger partial charge in [0.2, 0.25) is 0 Å². The third kappa shape index (κ3) is 5.45. The van der Waals surface area contributed by atoms with Crippen LogP contribution in [0.4, 0.5) is 15.0 Å². The molecular weight excluding hydrogens is 625 g/mol. The van der Waals surface area contributed by atoms with Gasteiger partial charge in [-0.15, -0.1) is 6.42 Å². The third-order valence-electron chi connectivity index (χ3n) is 10.9. The van der Waals surface area contributed by atoms with Crippen LogP contribution in [0.25, 0.3) is 32.9 Å². The Morgan fingerprint density at radius 1 is 1.16 bits per heavy atom. The molecule has 12 heteroatoms. The fourth-order valence-corrected chi connectivity index (χ4v) is 8.70. The van der Waals surface area contributed by atoms with Crippen molar-refractivity contribution in [3.05, 3.63) is 47.4 Å². The Hall–Kier alpha value is -4.73. The number of halogens is 1. The number of nitrogens with one attached hydrogen (secondary N) is 2. The van der Waals surface area contributed by atoms with E-state index in [1.54, 1.807) is 19.2 Å². The highest BCUT2D eigenvalue weighted by Gasteiger charge is 2.50. The molecule has 6 heterocycles. The first-order valence-electron chi connectivity index (χ1n) is 17.1. The van der Waals surface area contributed by atoms with Gasteiger partial charge in [-0.1, -0.05) is 18.1 Å². The molecule has 4 atom stereocenters. The third-order valence-corrected chi connectivity index (χ3v) is 10.9. The number of nitrogens with zero attached hydrogens (tertiary/aromatic N) is 5. The monoisotopic (exact) mass is 665 g/mol. The molecule has 8 rings (SSSR count). The summed E-state index contributed by atoms with van der Waals surface area (Å²) in [5, 5.41) is 18.7. The maximum Gasteiger partial charge on any atom is 0.406 e. The largest absolute Gasteiger partial charge is 0.508 e. The molecule has 1 amide bonds. The summed E-state index contributed by atoms with van der Waals surface area (Å²) in [5.41, 5.74) is 1.47. The van der Waals surface area contributed by atoms with Crippen molar-refractivity contribution in [2.45, 2.75) is 69.1 Å². The second-order valence-electron chi connectivity index (χ2n) is 13.8. The molecule has 4 fully saturated rings. The number of anilines is 1. The SMILES string of the molecule is C#Cc1cccc2cc(O)cc(-c3nc(C)c4c(N5CC6CCC(C5)N6)nc(OC[C@]56CCCN5[C@@H](COC(=O)NC)CC6)nc4c3F)c12. The summed E-state index contributed by atoms with van der Waals surface area (Å²) >= 11 is 0. The minimum Gasteiger partial charge on any atom is -0.508 e. The number of phenols is 1. The Balaban J connectivity index is 1.21. The maximum absolute atomic E-state index is 17.1. The van der Waals surface area contributed by atoms with Gasteiger partial charge in [-0.3, -0.25) is 4.90 Å².